The molecule has 5 nitrogen and oxygen atoms in total. The second-order valence-corrected chi connectivity index (χ2v) is 6.50. The summed E-state index contributed by atoms with van der Waals surface area (Å²) in [6, 6.07) is 0. The van der Waals surface area contributed by atoms with Crippen molar-refractivity contribution in [2.24, 2.45) is 5.73 Å². The third-order valence-corrected chi connectivity index (χ3v) is 4.72. The maximum absolute atomic E-state index is 11.9. The maximum Gasteiger partial charge on any atom is 0.214 e. The molecule has 1 fully saturated rings. The minimum atomic E-state index is -3.28. The molecule has 1 aliphatic rings. The van der Waals surface area contributed by atoms with Crippen LogP contribution in [0.2, 0.25) is 0 Å². The van der Waals surface area contributed by atoms with Crippen LogP contribution in [0.5, 0.6) is 0 Å². The molecule has 0 aromatic heterocycles. The lowest BCUT2D eigenvalue weighted by Crippen LogP contribution is -2.55. The van der Waals surface area contributed by atoms with Crippen LogP contribution in [-0.2, 0) is 14.8 Å². The number of nitrogens with one attached hydrogen (secondary N) is 1. The molecule has 1 rings (SSSR count). The van der Waals surface area contributed by atoms with E-state index in [0.29, 0.717) is 13.2 Å². The van der Waals surface area contributed by atoms with E-state index in [9.17, 15) is 8.42 Å². The zero-order chi connectivity index (χ0) is 12.8. The van der Waals surface area contributed by atoms with E-state index in [0.717, 1.165) is 25.7 Å². The Morgan fingerprint density at radius 3 is 2.47 bits per heavy atom. The molecule has 0 unspecified atom stereocenters. The fraction of sp³-hybridized carbons (Fsp3) is 1.00. The van der Waals surface area contributed by atoms with Gasteiger partial charge >= 0.3 is 0 Å². The number of hydrogen-bond acceptors (Lipinski definition) is 4. The Bertz CT molecular complexity index is 311. The van der Waals surface area contributed by atoms with Gasteiger partial charge in [0.25, 0.3) is 0 Å². The molecule has 0 atom stereocenters. The van der Waals surface area contributed by atoms with Crippen LogP contribution in [0, 0.1) is 0 Å². The second kappa shape index (κ2) is 6.68. The van der Waals surface area contributed by atoms with Crippen molar-refractivity contribution in [3.05, 3.63) is 0 Å². The Labute approximate surface area is 104 Å². The lowest BCUT2D eigenvalue weighted by Gasteiger charge is -2.36. The molecule has 0 heterocycles. The van der Waals surface area contributed by atoms with Crippen molar-refractivity contribution in [2.75, 3.05) is 25.5 Å². The molecule has 1 saturated carbocycles. The SMILES string of the molecule is CCOCCS(=O)(=O)NC1(CN)CCCCC1. The van der Waals surface area contributed by atoms with E-state index in [-0.39, 0.29) is 12.4 Å². The van der Waals surface area contributed by atoms with Gasteiger partial charge in [-0.1, -0.05) is 19.3 Å². The van der Waals surface area contributed by atoms with E-state index < -0.39 is 15.6 Å². The highest BCUT2D eigenvalue weighted by atomic mass is 32.2. The zero-order valence-corrected chi connectivity index (χ0v) is 11.4. The first-order valence-electron chi connectivity index (χ1n) is 6.33. The second-order valence-electron chi connectivity index (χ2n) is 4.66. The van der Waals surface area contributed by atoms with Gasteiger partial charge in [-0.3, -0.25) is 0 Å². The highest BCUT2D eigenvalue weighted by Crippen LogP contribution is 2.27. The molecule has 0 spiro atoms. The Morgan fingerprint density at radius 2 is 1.94 bits per heavy atom. The topological polar surface area (TPSA) is 81.4 Å². The molecule has 102 valence electrons. The number of rotatable bonds is 7. The molecule has 0 aromatic rings. The van der Waals surface area contributed by atoms with E-state index in [1.165, 1.54) is 6.42 Å². The first-order valence-corrected chi connectivity index (χ1v) is 7.98. The summed E-state index contributed by atoms with van der Waals surface area (Å²) in [5.41, 5.74) is 5.33. The number of nitrogens with two attached hydrogens (primary N) is 1. The minimum Gasteiger partial charge on any atom is -0.381 e. The van der Waals surface area contributed by atoms with Crippen LogP contribution in [0.4, 0.5) is 0 Å². The van der Waals surface area contributed by atoms with E-state index in [2.05, 4.69) is 4.72 Å². The number of ether oxygens (including phenoxy) is 1. The van der Waals surface area contributed by atoms with Gasteiger partial charge in [-0.25, -0.2) is 13.1 Å². The van der Waals surface area contributed by atoms with Gasteiger partial charge in [0.2, 0.25) is 10.0 Å². The van der Waals surface area contributed by atoms with Crippen molar-refractivity contribution in [3.8, 4) is 0 Å². The summed E-state index contributed by atoms with van der Waals surface area (Å²) >= 11 is 0. The van der Waals surface area contributed by atoms with Gasteiger partial charge in [0, 0.05) is 18.7 Å². The molecular weight excluding hydrogens is 240 g/mol. The van der Waals surface area contributed by atoms with Crippen molar-refractivity contribution < 1.29 is 13.2 Å². The van der Waals surface area contributed by atoms with Crippen LogP contribution in [-0.4, -0.2) is 39.5 Å². The lowest BCUT2D eigenvalue weighted by atomic mass is 9.83. The van der Waals surface area contributed by atoms with Crippen molar-refractivity contribution >= 4 is 10.0 Å². The van der Waals surface area contributed by atoms with Crippen LogP contribution >= 0.6 is 0 Å². The van der Waals surface area contributed by atoms with Gasteiger partial charge in [0.15, 0.2) is 0 Å². The quantitative estimate of drug-likeness (QED) is 0.660. The van der Waals surface area contributed by atoms with E-state index in [1.807, 2.05) is 6.92 Å². The van der Waals surface area contributed by atoms with Crippen LogP contribution < -0.4 is 10.5 Å². The summed E-state index contributed by atoms with van der Waals surface area (Å²) in [6.45, 7) is 3.01. The molecule has 1 aliphatic carbocycles. The monoisotopic (exact) mass is 264 g/mol. The third kappa shape index (κ3) is 4.91. The maximum atomic E-state index is 11.9. The molecule has 0 aromatic carbocycles. The third-order valence-electron chi connectivity index (χ3n) is 3.27. The van der Waals surface area contributed by atoms with Crippen molar-refractivity contribution in [3.63, 3.8) is 0 Å². The average molecular weight is 264 g/mol. The van der Waals surface area contributed by atoms with Gasteiger partial charge in [0.05, 0.1) is 12.4 Å². The van der Waals surface area contributed by atoms with Crippen molar-refractivity contribution in [1.29, 1.82) is 0 Å². The highest BCUT2D eigenvalue weighted by molar-refractivity contribution is 7.89. The average Bonchev–Trinajstić information content (AvgIpc) is 2.30. The van der Waals surface area contributed by atoms with E-state index in [1.54, 1.807) is 0 Å². The molecule has 6 heteroatoms. The van der Waals surface area contributed by atoms with Gasteiger partial charge in [-0.2, -0.15) is 0 Å². The Kier molecular flexibility index (Phi) is 5.85. The largest absolute Gasteiger partial charge is 0.381 e. The smallest absolute Gasteiger partial charge is 0.214 e. The molecule has 0 radical (unpaired) electrons. The summed E-state index contributed by atoms with van der Waals surface area (Å²) in [6.07, 6.45) is 4.95. The normalized spacial score (nSPS) is 20.4. The van der Waals surface area contributed by atoms with Crippen molar-refractivity contribution in [1.82, 2.24) is 4.72 Å². The summed E-state index contributed by atoms with van der Waals surface area (Å²) < 4.78 is 31.6. The van der Waals surface area contributed by atoms with Gasteiger partial charge < -0.3 is 10.5 Å². The van der Waals surface area contributed by atoms with Crippen LogP contribution in [0.1, 0.15) is 39.0 Å². The van der Waals surface area contributed by atoms with Gasteiger partial charge in [0.1, 0.15) is 0 Å². The Balaban J connectivity index is 2.54. The van der Waals surface area contributed by atoms with E-state index in [4.69, 9.17) is 10.5 Å². The van der Waals surface area contributed by atoms with Crippen molar-refractivity contribution in [2.45, 2.75) is 44.6 Å². The summed E-state index contributed by atoms with van der Waals surface area (Å²) in [5.74, 6) is 0.0165. The van der Waals surface area contributed by atoms with E-state index >= 15 is 0 Å². The summed E-state index contributed by atoms with van der Waals surface area (Å²) in [4.78, 5) is 0. The molecule has 0 bridgehead atoms. The molecule has 0 saturated heterocycles. The minimum absolute atomic E-state index is 0.0165. The predicted octanol–water partition coefficient (Wildman–Crippen LogP) is 0.604. The Hall–Kier alpha value is -0.170. The van der Waals surface area contributed by atoms with Gasteiger partial charge in [-0.15, -0.1) is 0 Å². The molecular formula is C11H24N2O3S. The standard InChI is InChI=1S/C11H24N2O3S/c1-2-16-8-9-17(14,15)13-11(10-12)6-4-3-5-7-11/h13H,2-10,12H2,1H3. The lowest BCUT2D eigenvalue weighted by molar-refractivity contribution is 0.163. The fourth-order valence-electron chi connectivity index (χ4n) is 2.27. The molecule has 17 heavy (non-hydrogen) atoms. The summed E-state index contributed by atoms with van der Waals surface area (Å²) in [5, 5.41) is 0. The number of sulfonamides is 1. The number of hydrogen-bond donors (Lipinski definition) is 2. The van der Waals surface area contributed by atoms with Crippen LogP contribution in [0.25, 0.3) is 0 Å². The highest BCUT2D eigenvalue weighted by Gasteiger charge is 2.34. The van der Waals surface area contributed by atoms with Gasteiger partial charge in [-0.05, 0) is 19.8 Å². The Morgan fingerprint density at radius 1 is 1.29 bits per heavy atom. The van der Waals surface area contributed by atoms with Crippen LogP contribution in [0.3, 0.4) is 0 Å². The van der Waals surface area contributed by atoms with Crippen LogP contribution in [0.15, 0.2) is 0 Å². The predicted molar refractivity (Wildman–Crippen MR) is 68.3 cm³/mol. The molecule has 0 aliphatic heterocycles. The summed E-state index contributed by atoms with van der Waals surface area (Å²) in [7, 11) is -3.28. The first-order chi connectivity index (χ1) is 8.04. The zero-order valence-electron chi connectivity index (χ0n) is 10.6. The molecule has 0 amide bonds. The fourth-order valence-corrected chi connectivity index (χ4v) is 3.66. The molecule has 3 N–H and O–H groups in total. The first kappa shape index (κ1) is 14.9.